The van der Waals surface area contributed by atoms with Gasteiger partial charge in [0.2, 0.25) is 0 Å². The molecule has 188 valence electrons. The minimum absolute atomic E-state index is 0.270. The second kappa shape index (κ2) is 12.3. The van der Waals surface area contributed by atoms with Gasteiger partial charge in [-0.15, -0.1) is 0 Å². The van der Waals surface area contributed by atoms with Crippen molar-refractivity contribution in [2.24, 2.45) is 0 Å². The molecule has 0 aromatic heterocycles. The van der Waals surface area contributed by atoms with E-state index in [4.69, 9.17) is 4.74 Å². The predicted molar refractivity (Wildman–Crippen MR) is 147 cm³/mol. The molecule has 3 aromatic rings. The van der Waals surface area contributed by atoms with E-state index in [9.17, 15) is 0 Å². The van der Waals surface area contributed by atoms with Crippen molar-refractivity contribution in [3.8, 4) is 22.3 Å². The first-order chi connectivity index (χ1) is 17.6. The summed E-state index contributed by atoms with van der Waals surface area (Å²) in [7, 11) is 0. The van der Waals surface area contributed by atoms with E-state index >= 15 is 8.78 Å². The van der Waals surface area contributed by atoms with Crippen LogP contribution >= 0.6 is 0 Å². The van der Waals surface area contributed by atoms with Crippen molar-refractivity contribution >= 4 is 5.57 Å². The molecule has 1 aliphatic rings. The van der Waals surface area contributed by atoms with Gasteiger partial charge in [0.15, 0.2) is 11.6 Å². The van der Waals surface area contributed by atoms with Gasteiger partial charge in [-0.1, -0.05) is 124 Å². The Bertz CT molecular complexity index is 1190. The quantitative estimate of drug-likeness (QED) is 0.245. The number of allylic oxidation sites excluding steroid dienone is 2. The number of benzene rings is 3. The molecular formula is C33H36F2O. The first-order valence-electron chi connectivity index (χ1n) is 13.2. The van der Waals surface area contributed by atoms with E-state index in [0.29, 0.717) is 29.7 Å². The minimum atomic E-state index is -0.813. The Hall–Kier alpha value is -3.04. The highest BCUT2D eigenvalue weighted by Gasteiger charge is 2.29. The third-order valence-corrected chi connectivity index (χ3v) is 7.07. The topological polar surface area (TPSA) is 9.23 Å². The molecule has 0 heterocycles. The number of ether oxygens (including phenoxy) is 1. The lowest BCUT2D eigenvalue weighted by atomic mass is 9.85. The molecule has 1 nitrogen and oxygen atoms in total. The van der Waals surface area contributed by atoms with E-state index in [-0.39, 0.29) is 11.2 Å². The monoisotopic (exact) mass is 486 g/mol. The number of halogens is 2. The van der Waals surface area contributed by atoms with Crippen molar-refractivity contribution in [2.75, 3.05) is 6.61 Å². The molecule has 1 atom stereocenters. The van der Waals surface area contributed by atoms with Crippen LogP contribution in [-0.4, -0.2) is 12.2 Å². The van der Waals surface area contributed by atoms with E-state index in [0.717, 1.165) is 24.0 Å². The van der Waals surface area contributed by atoms with Crippen LogP contribution < -0.4 is 0 Å². The van der Waals surface area contributed by atoms with Crippen LogP contribution in [0, 0.1) is 11.6 Å². The molecule has 0 saturated carbocycles. The highest BCUT2D eigenvalue weighted by atomic mass is 19.2. The molecule has 1 aliphatic carbocycles. The zero-order valence-corrected chi connectivity index (χ0v) is 21.4. The summed E-state index contributed by atoms with van der Waals surface area (Å²) in [6.07, 6.45) is 13.6. The van der Waals surface area contributed by atoms with Gasteiger partial charge in [-0.25, -0.2) is 8.78 Å². The summed E-state index contributed by atoms with van der Waals surface area (Å²) in [5.41, 5.74) is 3.71. The van der Waals surface area contributed by atoms with Gasteiger partial charge in [0.1, 0.15) is 0 Å². The molecule has 0 saturated heterocycles. The first-order valence-corrected chi connectivity index (χ1v) is 13.2. The smallest absolute Gasteiger partial charge is 0.167 e. The fraction of sp³-hybridized carbons (Fsp3) is 0.333. The van der Waals surface area contributed by atoms with Crippen LogP contribution in [0.2, 0.25) is 0 Å². The van der Waals surface area contributed by atoms with Gasteiger partial charge >= 0.3 is 0 Å². The Morgan fingerprint density at radius 1 is 0.722 bits per heavy atom. The summed E-state index contributed by atoms with van der Waals surface area (Å²) in [4.78, 5) is 0. The van der Waals surface area contributed by atoms with E-state index < -0.39 is 11.6 Å². The van der Waals surface area contributed by atoms with Crippen LogP contribution in [0.25, 0.3) is 27.8 Å². The lowest BCUT2D eigenvalue weighted by Gasteiger charge is -2.32. The van der Waals surface area contributed by atoms with Gasteiger partial charge < -0.3 is 4.74 Å². The van der Waals surface area contributed by atoms with E-state index in [2.05, 4.69) is 13.0 Å². The normalized spacial score (nSPS) is 17.3. The molecule has 3 heteroatoms. The molecule has 0 spiro atoms. The Morgan fingerprint density at radius 2 is 1.36 bits per heavy atom. The molecule has 0 N–H and O–H groups in total. The van der Waals surface area contributed by atoms with Gasteiger partial charge in [0.05, 0.1) is 5.60 Å². The standard InChI is InChI=1S/C33H36F2O/c1-3-5-6-7-11-22-33(36-4-2)23-20-28(21-24-33)30-19-18-29(31(34)32(30)35)27-16-14-26(15-17-27)25-12-9-8-10-13-25/h8-10,12-21,23H,3-7,11,22,24H2,1-2H3. The SMILES string of the molecule is CCCCCCCC1(OCC)C=CC(c2ccc(-c3ccc(-c4ccccc4)cc3)c(F)c2F)=CC1. The molecule has 36 heavy (non-hydrogen) atoms. The third kappa shape index (κ3) is 6.02. The maximum atomic E-state index is 15.3. The zero-order chi connectivity index (χ0) is 25.4. The lowest BCUT2D eigenvalue weighted by molar-refractivity contribution is -0.00728. The minimum Gasteiger partial charge on any atom is -0.371 e. The van der Waals surface area contributed by atoms with E-state index in [1.54, 1.807) is 12.1 Å². The summed E-state index contributed by atoms with van der Waals surface area (Å²) >= 11 is 0. The van der Waals surface area contributed by atoms with Crippen molar-refractivity contribution in [1.29, 1.82) is 0 Å². The second-order valence-corrected chi connectivity index (χ2v) is 9.59. The summed E-state index contributed by atoms with van der Waals surface area (Å²) in [6, 6.07) is 20.9. The highest BCUT2D eigenvalue weighted by molar-refractivity contribution is 5.78. The van der Waals surface area contributed by atoms with Crippen molar-refractivity contribution in [1.82, 2.24) is 0 Å². The van der Waals surface area contributed by atoms with E-state index in [1.807, 2.05) is 73.7 Å². The van der Waals surface area contributed by atoms with Crippen LogP contribution in [0.1, 0.15) is 64.4 Å². The maximum absolute atomic E-state index is 15.3. The Morgan fingerprint density at radius 3 is 2.03 bits per heavy atom. The molecule has 4 rings (SSSR count). The van der Waals surface area contributed by atoms with Crippen molar-refractivity contribution in [3.05, 3.63) is 102 Å². The molecule has 1 unspecified atom stereocenters. The van der Waals surface area contributed by atoms with Crippen LogP contribution in [0.4, 0.5) is 8.78 Å². The van der Waals surface area contributed by atoms with Gasteiger partial charge in [-0.2, -0.15) is 0 Å². The van der Waals surface area contributed by atoms with Crippen LogP contribution in [-0.2, 0) is 4.74 Å². The fourth-order valence-electron chi connectivity index (χ4n) is 5.01. The Balaban J connectivity index is 1.50. The number of unbranched alkanes of at least 4 members (excludes halogenated alkanes) is 4. The Kier molecular flexibility index (Phi) is 8.88. The highest BCUT2D eigenvalue weighted by Crippen LogP contribution is 2.36. The van der Waals surface area contributed by atoms with Crippen LogP contribution in [0.5, 0.6) is 0 Å². The van der Waals surface area contributed by atoms with Gasteiger partial charge in [-0.3, -0.25) is 0 Å². The van der Waals surface area contributed by atoms with E-state index in [1.165, 1.54) is 25.7 Å². The van der Waals surface area contributed by atoms with Crippen LogP contribution in [0.15, 0.2) is 85.0 Å². The van der Waals surface area contributed by atoms with Gasteiger partial charge in [0.25, 0.3) is 0 Å². The van der Waals surface area contributed by atoms with Gasteiger partial charge in [0, 0.05) is 17.7 Å². The van der Waals surface area contributed by atoms with Crippen molar-refractivity contribution in [3.63, 3.8) is 0 Å². The summed E-state index contributed by atoms with van der Waals surface area (Å²) in [5.74, 6) is -1.62. The van der Waals surface area contributed by atoms with Gasteiger partial charge in [-0.05, 0) is 42.0 Å². The second-order valence-electron chi connectivity index (χ2n) is 9.59. The average molecular weight is 487 g/mol. The summed E-state index contributed by atoms with van der Waals surface area (Å²) < 4.78 is 36.6. The molecule has 0 aliphatic heterocycles. The fourth-order valence-corrected chi connectivity index (χ4v) is 5.01. The molecule has 0 amide bonds. The summed E-state index contributed by atoms with van der Waals surface area (Å²) in [6.45, 7) is 4.85. The molecule has 0 bridgehead atoms. The first kappa shape index (κ1) is 26.0. The lowest BCUT2D eigenvalue weighted by Crippen LogP contribution is -2.31. The Labute approximate surface area is 214 Å². The number of hydrogen-bond acceptors (Lipinski definition) is 1. The summed E-state index contributed by atoms with van der Waals surface area (Å²) in [5, 5.41) is 0. The largest absolute Gasteiger partial charge is 0.371 e. The molecule has 0 fully saturated rings. The zero-order valence-electron chi connectivity index (χ0n) is 21.4. The molecule has 0 radical (unpaired) electrons. The maximum Gasteiger partial charge on any atom is 0.167 e. The predicted octanol–water partition coefficient (Wildman–Crippen LogP) is 9.78. The molecular weight excluding hydrogens is 450 g/mol. The molecule has 3 aromatic carbocycles. The van der Waals surface area contributed by atoms with Crippen molar-refractivity contribution in [2.45, 2.75) is 64.4 Å². The van der Waals surface area contributed by atoms with Crippen LogP contribution in [0.3, 0.4) is 0 Å². The average Bonchev–Trinajstić information content (AvgIpc) is 2.92. The third-order valence-electron chi connectivity index (χ3n) is 7.07. The van der Waals surface area contributed by atoms with Crippen molar-refractivity contribution < 1.29 is 13.5 Å². The number of hydrogen-bond donors (Lipinski definition) is 0. The number of rotatable bonds is 11.